The maximum absolute atomic E-state index is 12.4. The largest absolute Gasteiger partial charge is 0.384 e. The zero-order chi connectivity index (χ0) is 18.4. The zero-order valence-corrected chi connectivity index (χ0v) is 15.6. The molecule has 2 aliphatic heterocycles. The third kappa shape index (κ3) is 4.43. The number of hydrogen-bond acceptors (Lipinski definition) is 4. The van der Waals surface area contributed by atoms with E-state index in [2.05, 4.69) is 16.7 Å². The summed E-state index contributed by atoms with van der Waals surface area (Å²) in [5.74, 6) is 0.0978. The Labute approximate surface area is 155 Å². The van der Waals surface area contributed by atoms with Gasteiger partial charge in [0.05, 0.1) is 6.61 Å². The number of amides is 2. The summed E-state index contributed by atoms with van der Waals surface area (Å²) in [6.45, 7) is 3.63. The average molecular weight is 359 g/mol. The molecule has 1 aromatic carbocycles. The topological polar surface area (TPSA) is 70.7 Å². The smallest absolute Gasteiger partial charge is 0.227 e. The van der Waals surface area contributed by atoms with Crippen LogP contribution in [-0.2, 0) is 20.7 Å². The lowest BCUT2D eigenvalue weighted by atomic mass is 9.79. The molecule has 1 saturated heterocycles. The molecule has 2 heterocycles. The predicted molar refractivity (Wildman–Crippen MR) is 101 cm³/mol. The molecule has 26 heavy (non-hydrogen) atoms. The number of aryl methyl sites for hydroxylation is 1. The van der Waals surface area contributed by atoms with Crippen LogP contribution in [0, 0.1) is 5.41 Å². The van der Waals surface area contributed by atoms with Crippen molar-refractivity contribution >= 4 is 17.5 Å². The van der Waals surface area contributed by atoms with Gasteiger partial charge in [0.1, 0.15) is 0 Å². The van der Waals surface area contributed by atoms with Gasteiger partial charge in [0.15, 0.2) is 0 Å². The molecule has 3 rings (SSSR count). The summed E-state index contributed by atoms with van der Waals surface area (Å²) in [4.78, 5) is 26.4. The minimum atomic E-state index is -0.00475. The molecule has 2 aliphatic rings. The fourth-order valence-corrected chi connectivity index (χ4v) is 3.96. The Hall–Kier alpha value is -1.92. The highest BCUT2D eigenvalue weighted by Gasteiger charge is 2.32. The second-order valence-corrected chi connectivity index (χ2v) is 7.38. The van der Waals surface area contributed by atoms with Gasteiger partial charge in [-0.25, -0.2) is 0 Å². The molecule has 1 fully saturated rings. The summed E-state index contributed by atoms with van der Waals surface area (Å²) in [5.41, 5.74) is 2.15. The number of carbonyl (C=O) groups is 2. The lowest BCUT2D eigenvalue weighted by Crippen LogP contribution is -2.47. The molecule has 2 N–H and O–H groups in total. The highest BCUT2D eigenvalue weighted by Crippen LogP contribution is 2.29. The molecule has 0 bridgehead atoms. The summed E-state index contributed by atoms with van der Waals surface area (Å²) in [6, 6.07) is 7.96. The highest BCUT2D eigenvalue weighted by atomic mass is 16.5. The van der Waals surface area contributed by atoms with Crippen molar-refractivity contribution in [2.24, 2.45) is 5.41 Å². The van der Waals surface area contributed by atoms with Crippen molar-refractivity contribution < 1.29 is 14.3 Å². The van der Waals surface area contributed by atoms with Crippen molar-refractivity contribution in [1.82, 2.24) is 10.6 Å². The van der Waals surface area contributed by atoms with Crippen LogP contribution in [0.15, 0.2) is 24.3 Å². The molecule has 142 valence electrons. The summed E-state index contributed by atoms with van der Waals surface area (Å²) in [7, 11) is 1.71. The number of benzene rings is 1. The van der Waals surface area contributed by atoms with E-state index in [0.717, 1.165) is 38.0 Å². The molecule has 6 nitrogen and oxygen atoms in total. The maximum atomic E-state index is 12.4. The first kappa shape index (κ1) is 18.9. The van der Waals surface area contributed by atoms with Crippen LogP contribution in [0.4, 0.5) is 5.69 Å². The Morgan fingerprint density at radius 1 is 1.27 bits per heavy atom. The van der Waals surface area contributed by atoms with Crippen molar-refractivity contribution in [3.8, 4) is 0 Å². The van der Waals surface area contributed by atoms with Crippen molar-refractivity contribution in [2.75, 3.05) is 44.8 Å². The number of hydrogen-bond donors (Lipinski definition) is 2. The van der Waals surface area contributed by atoms with E-state index in [1.165, 1.54) is 5.56 Å². The SMILES string of the molecule is COCC1(CNC(=O)CCN2C(=O)CCc3ccccc32)CCNCC1. The number of nitrogens with zero attached hydrogens (tertiary/aromatic N) is 1. The van der Waals surface area contributed by atoms with Crippen LogP contribution in [0.1, 0.15) is 31.2 Å². The molecule has 6 heteroatoms. The molecule has 0 unspecified atom stereocenters. The van der Waals surface area contributed by atoms with Crippen molar-refractivity contribution in [3.05, 3.63) is 29.8 Å². The number of anilines is 1. The Morgan fingerprint density at radius 3 is 2.81 bits per heavy atom. The Bertz CT molecular complexity index is 635. The van der Waals surface area contributed by atoms with Gasteiger partial charge in [-0.3, -0.25) is 9.59 Å². The molecule has 0 atom stereocenters. The molecule has 0 spiro atoms. The molecule has 0 saturated carbocycles. The van der Waals surface area contributed by atoms with Crippen LogP contribution in [0.2, 0.25) is 0 Å². The van der Waals surface area contributed by atoms with Crippen molar-refractivity contribution in [1.29, 1.82) is 0 Å². The van der Waals surface area contributed by atoms with Crippen molar-refractivity contribution in [3.63, 3.8) is 0 Å². The van der Waals surface area contributed by atoms with Crippen LogP contribution in [-0.4, -0.2) is 51.7 Å². The van der Waals surface area contributed by atoms with Gasteiger partial charge >= 0.3 is 0 Å². The van der Waals surface area contributed by atoms with E-state index in [9.17, 15) is 9.59 Å². The van der Waals surface area contributed by atoms with Crippen LogP contribution in [0.3, 0.4) is 0 Å². The molecule has 0 radical (unpaired) electrons. The number of ether oxygens (including phenoxy) is 1. The molecule has 1 aromatic rings. The van der Waals surface area contributed by atoms with E-state index in [4.69, 9.17) is 4.74 Å². The molecule has 0 aliphatic carbocycles. The van der Waals surface area contributed by atoms with Gasteiger partial charge < -0.3 is 20.3 Å². The third-order valence-electron chi connectivity index (χ3n) is 5.53. The number of fused-ring (bicyclic) bond motifs is 1. The Kier molecular flexibility index (Phi) is 6.27. The van der Waals surface area contributed by atoms with Gasteiger partial charge in [0.2, 0.25) is 11.8 Å². The van der Waals surface area contributed by atoms with Crippen LogP contribution >= 0.6 is 0 Å². The standard InChI is InChI=1S/C20H29N3O3/c1-26-15-20(9-11-21-12-10-20)14-22-18(24)8-13-23-17-5-3-2-4-16(17)6-7-19(23)25/h2-5,21H,6-15H2,1H3,(H,22,24). The summed E-state index contributed by atoms with van der Waals surface area (Å²) in [6.07, 6.45) is 3.62. The number of rotatable bonds is 7. The van der Waals surface area contributed by atoms with Crippen LogP contribution in [0.25, 0.3) is 0 Å². The second kappa shape index (κ2) is 8.64. The van der Waals surface area contributed by atoms with Gasteiger partial charge in [-0.05, 0) is 44.0 Å². The van der Waals surface area contributed by atoms with E-state index in [-0.39, 0.29) is 17.2 Å². The predicted octanol–water partition coefficient (Wildman–Crippen LogP) is 1.49. The van der Waals surface area contributed by atoms with E-state index < -0.39 is 0 Å². The molecule has 2 amide bonds. The quantitative estimate of drug-likeness (QED) is 0.774. The first-order valence-electron chi connectivity index (χ1n) is 9.48. The number of para-hydroxylation sites is 1. The fraction of sp³-hybridized carbons (Fsp3) is 0.600. The highest BCUT2D eigenvalue weighted by molar-refractivity contribution is 5.96. The van der Waals surface area contributed by atoms with Crippen molar-refractivity contribution in [2.45, 2.75) is 32.1 Å². The van der Waals surface area contributed by atoms with Gasteiger partial charge in [0.25, 0.3) is 0 Å². The number of methoxy groups -OCH3 is 1. The van der Waals surface area contributed by atoms with Crippen LogP contribution < -0.4 is 15.5 Å². The van der Waals surface area contributed by atoms with Gasteiger partial charge in [-0.1, -0.05) is 18.2 Å². The first-order valence-corrected chi connectivity index (χ1v) is 9.48. The first-order chi connectivity index (χ1) is 12.6. The Balaban J connectivity index is 1.53. The molecular weight excluding hydrogens is 330 g/mol. The van der Waals surface area contributed by atoms with E-state index >= 15 is 0 Å². The second-order valence-electron chi connectivity index (χ2n) is 7.38. The molecule has 0 aromatic heterocycles. The molecular formula is C20H29N3O3. The zero-order valence-electron chi connectivity index (χ0n) is 15.6. The third-order valence-corrected chi connectivity index (χ3v) is 5.53. The van der Waals surface area contributed by atoms with E-state index in [0.29, 0.717) is 32.5 Å². The normalized spacial score (nSPS) is 19.1. The van der Waals surface area contributed by atoms with Gasteiger partial charge in [0, 0.05) is 44.1 Å². The minimum absolute atomic E-state index is 0.00475. The van der Waals surface area contributed by atoms with Gasteiger partial charge in [-0.15, -0.1) is 0 Å². The average Bonchev–Trinajstić information content (AvgIpc) is 2.67. The van der Waals surface area contributed by atoms with E-state index in [1.807, 2.05) is 18.2 Å². The number of nitrogens with one attached hydrogen (secondary N) is 2. The van der Waals surface area contributed by atoms with Gasteiger partial charge in [-0.2, -0.15) is 0 Å². The number of piperidine rings is 1. The summed E-state index contributed by atoms with van der Waals surface area (Å²) < 4.78 is 5.39. The number of carbonyl (C=O) groups excluding carboxylic acids is 2. The lowest BCUT2D eigenvalue weighted by Gasteiger charge is -2.37. The van der Waals surface area contributed by atoms with E-state index in [1.54, 1.807) is 12.0 Å². The summed E-state index contributed by atoms with van der Waals surface area (Å²) >= 11 is 0. The monoisotopic (exact) mass is 359 g/mol. The fourth-order valence-electron chi connectivity index (χ4n) is 3.96. The minimum Gasteiger partial charge on any atom is -0.384 e. The Morgan fingerprint density at radius 2 is 2.04 bits per heavy atom. The maximum Gasteiger partial charge on any atom is 0.227 e. The van der Waals surface area contributed by atoms with Crippen LogP contribution in [0.5, 0.6) is 0 Å². The lowest BCUT2D eigenvalue weighted by molar-refractivity contribution is -0.122. The summed E-state index contributed by atoms with van der Waals surface area (Å²) in [5, 5.41) is 6.43.